The molecule has 4 heteroatoms. The van der Waals surface area contributed by atoms with Crippen molar-refractivity contribution in [3.63, 3.8) is 0 Å². The number of halogens is 1. The standard InChI is InChI=1S/C15H21BrN2O/c1-10-5-6-12(7-13(10)16)18-9-15(3,4)8-17-11(2)14(18)19/h5-7,11,17H,8-9H2,1-4H3. The number of nitrogens with one attached hydrogen (secondary N) is 1. The monoisotopic (exact) mass is 324 g/mol. The largest absolute Gasteiger partial charge is 0.310 e. The van der Waals surface area contributed by atoms with E-state index >= 15 is 0 Å². The number of carbonyl (C=O) groups excluding carboxylic acids is 1. The SMILES string of the molecule is Cc1ccc(N2CC(C)(C)CNC(C)C2=O)cc1Br. The summed E-state index contributed by atoms with van der Waals surface area (Å²) in [4.78, 5) is 14.4. The molecule has 19 heavy (non-hydrogen) atoms. The number of hydrogen-bond donors (Lipinski definition) is 1. The molecule has 0 bridgehead atoms. The molecule has 1 aliphatic rings. The second kappa shape index (κ2) is 5.25. The van der Waals surface area contributed by atoms with Gasteiger partial charge in [0.15, 0.2) is 0 Å². The molecule has 1 aliphatic heterocycles. The van der Waals surface area contributed by atoms with Crippen LogP contribution in [0.3, 0.4) is 0 Å². The van der Waals surface area contributed by atoms with Crippen molar-refractivity contribution < 1.29 is 4.79 Å². The maximum absolute atomic E-state index is 12.5. The number of hydrogen-bond acceptors (Lipinski definition) is 2. The van der Waals surface area contributed by atoms with E-state index in [0.717, 1.165) is 23.2 Å². The molecule has 1 heterocycles. The fourth-order valence-corrected chi connectivity index (χ4v) is 2.65. The molecule has 1 atom stereocenters. The molecule has 1 aromatic carbocycles. The normalized spacial score (nSPS) is 23.3. The van der Waals surface area contributed by atoms with Crippen LogP contribution in [-0.4, -0.2) is 25.0 Å². The van der Waals surface area contributed by atoms with E-state index in [4.69, 9.17) is 0 Å². The summed E-state index contributed by atoms with van der Waals surface area (Å²) in [6.45, 7) is 9.93. The molecule has 1 N–H and O–H groups in total. The van der Waals surface area contributed by atoms with Gasteiger partial charge in [0, 0.05) is 23.2 Å². The van der Waals surface area contributed by atoms with Crippen LogP contribution in [0.5, 0.6) is 0 Å². The van der Waals surface area contributed by atoms with Gasteiger partial charge in [-0.3, -0.25) is 4.79 Å². The molecule has 2 rings (SSSR count). The summed E-state index contributed by atoms with van der Waals surface area (Å²) in [6.07, 6.45) is 0. The van der Waals surface area contributed by atoms with Crippen LogP contribution >= 0.6 is 15.9 Å². The third kappa shape index (κ3) is 3.18. The van der Waals surface area contributed by atoms with Gasteiger partial charge in [-0.15, -0.1) is 0 Å². The van der Waals surface area contributed by atoms with Crippen molar-refractivity contribution in [3.8, 4) is 0 Å². The van der Waals surface area contributed by atoms with E-state index in [-0.39, 0.29) is 17.4 Å². The summed E-state index contributed by atoms with van der Waals surface area (Å²) in [7, 11) is 0. The van der Waals surface area contributed by atoms with E-state index in [1.165, 1.54) is 5.56 Å². The van der Waals surface area contributed by atoms with Gasteiger partial charge < -0.3 is 10.2 Å². The van der Waals surface area contributed by atoms with Crippen LogP contribution in [-0.2, 0) is 4.79 Å². The Kier molecular flexibility index (Phi) is 4.02. The molecule has 1 amide bonds. The van der Waals surface area contributed by atoms with Gasteiger partial charge in [0.25, 0.3) is 0 Å². The van der Waals surface area contributed by atoms with E-state index in [9.17, 15) is 4.79 Å². The van der Waals surface area contributed by atoms with E-state index in [2.05, 4.69) is 35.1 Å². The quantitative estimate of drug-likeness (QED) is 0.860. The van der Waals surface area contributed by atoms with Crippen molar-refractivity contribution in [2.45, 2.75) is 33.7 Å². The van der Waals surface area contributed by atoms with Crippen LogP contribution in [0.4, 0.5) is 5.69 Å². The van der Waals surface area contributed by atoms with Gasteiger partial charge >= 0.3 is 0 Å². The molecule has 1 unspecified atom stereocenters. The average molecular weight is 325 g/mol. The number of rotatable bonds is 1. The number of benzene rings is 1. The first-order valence-electron chi connectivity index (χ1n) is 6.61. The number of carbonyl (C=O) groups is 1. The Balaban J connectivity index is 2.38. The predicted octanol–water partition coefficient (Wildman–Crippen LogP) is 3.11. The minimum atomic E-state index is -0.137. The summed E-state index contributed by atoms with van der Waals surface area (Å²) in [5, 5.41) is 3.31. The van der Waals surface area contributed by atoms with E-state index in [0.29, 0.717) is 0 Å². The first-order valence-corrected chi connectivity index (χ1v) is 7.40. The highest BCUT2D eigenvalue weighted by atomic mass is 79.9. The lowest BCUT2D eigenvalue weighted by molar-refractivity contribution is -0.119. The molecule has 0 saturated carbocycles. The van der Waals surface area contributed by atoms with Crippen molar-refractivity contribution in [2.24, 2.45) is 5.41 Å². The molecule has 104 valence electrons. The van der Waals surface area contributed by atoms with E-state index in [1.807, 2.05) is 36.9 Å². The smallest absolute Gasteiger partial charge is 0.243 e. The topological polar surface area (TPSA) is 32.3 Å². The Labute approximate surface area is 123 Å². The van der Waals surface area contributed by atoms with Gasteiger partial charge in [-0.1, -0.05) is 35.8 Å². The summed E-state index contributed by atoms with van der Waals surface area (Å²) in [5.74, 6) is 0.140. The van der Waals surface area contributed by atoms with Gasteiger partial charge in [0.1, 0.15) is 0 Å². The second-order valence-corrected chi connectivity index (χ2v) is 6.98. The van der Waals surface area contributed by atoms with Gasteiger partial charge in [-0.05, 0) is 37.0 Å². The summed E-state index contributed by atoms with van der Waals surface area (Å²) < 4.78 is 1.04. The highest BCUT2D eigenvalue weighted by Gasteiger charge is 2.33. The summed E-state index contributed by atoms with van der Waals surface area (Å²) in [5.41, 5.74) is 2.21. The van der Waals surface area contributed by atoms with E-state index < -0.39 is 0 Å². The Morgan fingerprint density at radius 2 is 2.11 bits per heavy atom. The molecule has 0 aliphatic carbocycles. The maximum Gasteiger partial charge on any atom is 0.243 e. The van der Waals surface area contributed by atoms with Crippen molar-refractivity contribution >= 4 is 27.5 Å². The first kappa shape index (κ1) is 14.5. The van der Waals surface area contributed by atoms with Crippen LogP contribution in [0.25, 0.3) is 0 Å². The minimum Gasteiger partial charge on any atom is -0.310 e. The number of amides is 1. The molecule has 0 spiro atoms. The first-order chi connectivity index (χ1) is 8.80. The maximum atomic E-state index is 12.5. The van der Waals surface area contributed by atoms with Crippen molar-refractivity contribution in [3.05, 3.63) is 28.2 Å². The zero-order chi connectivity index (χ0) is 14.2. The van der Waals surface area contributed by atoms with Crippen molar-refractivity contribution in [1.82, 2.24) is 5.32 Å². The van der Waals surface area contributed by atoms with Crippen LogP contribution < -0.4 is 10.2 Å². The Hall–Kier alpha value is -0.870. The second-order valence-electron chi connectivity index (χ2n) is 6.12. The predicted molar refractivity (Wildman–Crippen MR) is 82.5 cm³/mol. The summed E-state index contributed by atoms with van der Waals surface area (Å²) in [6, 6.07) is 5.96. The Morgan fingerprint density at radius 3 is 2.74 bits per heavy atom. The van der Waals surface area contributed by atoms with E-state index in [1.54, 1.807) is 0 Å². The molecular weight excluding hydrogens is 304 g/mol. The zero-order valence-electron chi connectivity index (χ0n) is 12.0. The van der Waals surface area contributed by atoms with Gasteiger partial charge in [0.2, 0.25) is 5.91 Å². The molecule has 1 aromatic rings. The van der Waals surface area contributed by atoms with Crippen molar-refractivity contribution in [2.75, 3.05) is 18.0 Å². The lowest BCUT2D eigenvalue weighted by Gasteiger charge is -2.29. The molecule has 1 saturated heterocycles. The molecule has 3 nitrogen and oxygen atoms in total. The van der Waals surface area contributed by atoms with Gasteiger partial charge in [0.05, 0.1) is 6.04 Å². The van der Waals surface area contributed by atoms with Gasteiger partial charge in [-0.2, -0.15) is 0 Å². The fraction of sp³-hybridized carbons (Fsp3) is 0.533. The highest BCUT2D eigenvalue weighted by molar-refractivity contribution is 9.10. The summed E-state index contributed by atoms with van der Waals surface area (Å²) >= 11 is 3.54. The van der Waals surface area contributed by atoms with Gasteiger partial charge in [-0.25, -0.2) is 0 Å². The molecule has 0 aromatic heterocycles. The minimum absolute atomic E-state index is 0.0672. The fourth-order valence-electron chi connectivity index (χ4n) is 2.28. The molecular formula is C15H21BrN2O. The van der Waals surface area contributed by atoms with Crippen LogP contribution in [0.2, 0.25) is 0 Å². The number of anilines is 1. The average Bonchev–Trinajstić information content (AvgIpc) is 2.45. The Morgan fingerprint density at radius 1 is 1.42 bits per heavy atom. The third-order valence-electron chi connectivity index (χ3n) is 3.58. The van der Waals surface area contributed by atoms with Crippen LogP contribution in [0.1, 0.15) is 26.3 Å². The lowest BCUT2D eigenvalue weighted by Crippen LogP contribution is -2.42. The van der Waals surface area contributed by atoms with Crippen molar-refractivity contribution in [1.29, 1.82) is 0 Å². The molecule has 0 radical (unpaired) electrons. The Bertz CT molecular complexity index is 499. The number of aryl methyl sites for hydroxylation is 1. The third-order valence-corrected chi connectivity index (χ3v) is 4.43. The lowest BCUT2D eigenvalue weighted by atomic mass is 9.93. The highest BCUT2D eigenvalue weighted by Crippen LogP contribution is 2.28. The number of nitrogens with zero attached hydrogens (tertiary/aromatic N) is 1. The van der Waals surface area contributed by atoms with Crippen LogP contribution in [0.15, 0.2) is 22.7 Å². The molecule has 1 fully saturated rings. The zero-order valence-corrected chi connectivity index (χ0v) is 13.5. The van der Waals surface area contributed by atoms with Crippen LogP contribution in [0, 0.1) is 12.3 Å².